The van der Waals surface area contributed by atoms with Gasteiger partial charge in [0.05, 0.1) is 4.90 Å². The number of hydrogen-bond acceptors (Lipinski definition) is 3. The molecule has 1 heterocycles. The molecule has 3 rings (SSSR count). The van der Waals surface area contributed by atoms with Crippen molar-refractivity contribution in [1.82, 2.24) is 9.21 Å². The van der Waals surface area contributed by atoms with Gasteiger partial charge in [-0.25, -0.2) is 12.8 Å². The van der Waals surface area contributed by atoms with E-state index in [2.05, 4.69) is 0 Å². The Labute approximate surface area is 163 Å². The summed E-state index contributed by atoms with van der Waals surface area (Å²) >= 11 is 5.92. The third-order valence-corrected chi connectivity index (χ3v) is 6.88. The van der Waals surface area contributed by atoms with Crippen LogP contribution in [0.3, 0.4) is 0 Å². The van der Waals surface area contributed by atoms with Gasteiger partial charge in [-0.1, -0.05) is 11.6 Å². The van der Waals surface area contributed by atoms with Gasteiger partial charge >= 0.3 is 0 Å². The molecule has 0 unspecified atom stereocenters. The molecule has 1 aliphatic heterocycles. The first-order valence-corrected chi connectivity index (χ1v) is 10.4. The number of carbonyl (C=O) groups excluding carboxylic acids is 1. The Balaban J connectivity index is 1.76. The Morgan fingerprint density at radius 1 is 1.04 bits per heavy atom. The van der Waals surface area contributed by atoms with E-state index in [9.17, 15) is 17.6 Å². The molecule has 1 fully saturated rings. The minimum absolute atomic E-state index is 0.206. The maximum atomic E-state index is 13.1. The molecule has 0 radical (unpaired) electrons. The summed E-state index contributed by atoms with van der Waals surface area (Å²) < 4.78 is 40.4. The van der Waals surface area contributed by atoms with E-state index in [1.807, 2.05) is 0 Å². The van der Waals surface area contributed by atoms with Crippen LogP contribution in [-0.4, -0.2) is 49.7 Å². The molecule has 0 aliphatic carbocycles. The van der Waals surface area contributed by atoms with Crippen molar-refractivity contribution in [1.29, 1.82) is 0 Å². The first-order chi connectivity index (χ1) is 12.8. The van der Waals surface area contributed by atoms with Crippen molar-refractivity contribution in [2.24, 2.45) is 0 Å². The summed E-state index contributed by atoms with van der Waals surface area (Å²) in [4.78, 5) is 14.4. The van der Waals surface area contributed by atoms with Gasteiger partial charge in [0.2, 0.25) is 10.0 Å². The predicted octanol–water partition coefficient (Wildman–Crippen LogP) is 3.32. The van der Waals surface area contributed by atoms with Gasteiger partial charge in [0.1, 0.15) is 5.82 Å². The summed E-state index contributed by atoms with van der Waals surface area (Å²) in [6.07, 6.45) is 0.527. The van der Waals surface area contributed by atoms with Gasteiger partial charge in [-0.2, -0.15) is 4.31 Å². The Kier molecular flexibility index (Phi) is 5.83. The molecule has 144 valence electrons. The normalized spacial score (nSPS) is 16.2. The highest BCUT2D eigenvalue weighted by Crippen LogP contribution is 2.24. The lowest BCUT2D eigenvalue weighted by Gasteiger charge is -2.22. The molecule has 1 saturated heterocycles. The minimum atomic E-state index is -3.67. The summed E-state index contributed by atoms with van der Waals surface area (Å²) in [6.45, 7) is 2.97. The van der Waals surface area contributed by atoms with E-state index in [4.69, 9.17) is 11.6 Å². The van der Waals surface area contributed by atoms with Crippen LogP contribution in [0.25, 0.3) is 0 Å². The molecular formula is C19H20ClFN2O3S. The molecule has 0 bridgehead atoms. The lowest BCUT2D eigenvalue weighted by molar-refractivity contribution is 0.0764. The molecule has 1 amide bonds. The molecule has 0 spiro atoms. The van der Waals surface area contributed by atoms with Crippen molar-refractivity contribution >= 4 is 27.5 Å². The highest BCUT2D eigenvalue weighted by molar-refractivity contribution is 7.89. The van der Waals surface area contributed by atoms with E-state index in [1.54, 1.807) is 24.0 Å². The lowest BCUT2D eigenvalue weighted by atomic mass is 10.2. The van der Waals surface area contributed by atoms with E-state index in [0.29, 0.717) is 35.7 Å². The van der Waals surface area contributed by atoms with Crippen LogP contribution in [0, 0.1) is 12.7 Å². The molecule has 1 aliphatic rings. The number of hydrogen-bond donors (Lipinski definition) is 0. The van der Waals surface area contributed by atoms with Crippen molar-refractivity contribution in [3.05, 3.63) is 64.4 Å². The summed E-state index contributed by atoms with van der Waals surface area (Å²) in [6, 6.07) is 10.1. The third-order valence-electron chi connectivity index (χ3n) is 4.59. The summed E-state index contributed by atoms with van der Waals surface area (Å²) in [5.74, 6) is -0.630. The summed E-state index contributed by atoms with van der Waals surface area (Å²) in [5, 5.41) is 0.485. The second-order valence-corrected chi connectivity index (χ2v) is 8.81. The number of benzene rings is 2. The van der Waals surface area contributed by atoms with Crippen molar-refractivity contribution in [2.75, 3.05) is 26.2 Å². The fourth-order valence-corrected chi connectivity index (χ4v) is 5.06. The fraction of sp³-hybridized carbons (Fsp3) is 0.316. The van der Waals surface area contributed by atoms with E-state index in [-0.39, 0.29) is 23.9 Å². The SMILES string of the molecule is Cc1cc(Cl)ccc1S(=O)(=O)N1CCCN(C(=O)c2ccc(F)cc2)CC1. The number of carbonyl (C=O) groups is 1. The molecule has 0 saturated carbocycles. The van der Waals surface area contributed by atoms with Crippen molar-refractivity contribution < 1.29 is 17.6 Å². The fourth-order valence-electron chi connectivity index (χ4n) is 3.15. The number of sulfonamides is 1. The van der Waals surface area contributed by atoms with Gasteiger partial charge < -0.3 is 4.90 Å². The zero-order valence-corrected chi connectivity index (χ0v) is 16.4. The third kappa shape index (κ3) is 4.31. The van der Waals surface area contributed by atoms with E-state index in [1.165, 1.54) is 34.6 Å². The van der Waals surface area contributed by atoms with Gasteiger partial charge in [-0.15, -0.1) is 0 Å². The molecular weight excluding hydrogens is 391 g/mol. The van der Waals surface area contributed by atoms with E-state index < -0.39 is 15.8 Å². The van der Waals surface area contributed by atoms with Gasteiger partial charge in [-0.3, -0.25) is 4.79 Å². The van der Waals surface area contributed by atoms with E-state index in [0.717, 1.165) is 0 Å². The molecule has 0 N–H and O–H groups in total. The second kappa shape index (κ2) is 7.96. The van der Waals surface area contributed by atoms with Crippen molar-refractivity contribution in [2.45, 2.75) is 18.2 Å². The van der Waals surface area contributed by atoms with Gasteiger partial charge in [0, 0.05) is 36.8 Å². The molecule has 2 aromatic carbocycles. The average Bonchev–Trinajstić information content (AvgIpc) is 2.88. The van der Waals surface area contributed by atoms with Crippen molar-refractivity contribution in [3.8, 4) is 0 Å². The van der Waals surface area contributed by atoms with Crippen LogP contribution in [0.1, 0.15) is 22.3 Å². The monoisotopic (exact) mass is 410 g/mol. The van der Waals surface area contributed by atoms with Crippen LogP contribution < -0.4 is 0 Å². The highest BCUT2D eigenvalue weighted by atomic mass is 35.5. The average molecular weight is 411 g/mol. The van der Waals surface area contributed by atoms with Crippen LogP contribution in [0.2, 0.25) is 5.02 Å². The first-order valence-electron chi connectivity index (χ1n) is 8.60. The Hall–Kier alpha value is -1.96. The van der Waals surface area contributed by atoms with Crippen LogP contribution in [0.5, 0.6) is 0 Å². The summed E-state index contributed by atoms with van der Waals surface area (Å²) in [7, 11) is -3.67. The topological polar surface area (TPSA) is 57.7 Å². The molecule has 0 aromatic heterocycles. The Morgan fingerprint density at radius 3 is 2.41 bits per heavy atom. The molecule has 0 atom stereocenters. The Bertz CT molecular complexity index is 948. The number of nitrogens with zero attached hydrogens (tertiary/aromatic N) is 2. The molecule has 27 heavy (non-hydrogen) atoms. The number of halogens is 2. The molecule has 2 aromatic rings. The smallest absolute Gasteiger partial charge is 0.253 e. The number of amides is 1. The van der Waals surface area contributed by atoms with Gasteiger partial charge in [0.15, 0.2) is 0 Å². The largest absolute Gasteiger partial charge is 0.337 e. The Morgan fingerprint density at radius 2 is 1.74 bits per heavy atom. The van der Waals surface area contributed by atoms with Crippen LogP contribution in [0.15, 0.2) is 47.4 Å². The zero-order valence-electron chi connectivity index (χ0n) is 14.9. The highest BCUT2D eigenvalue weighted by Gasteiger charge is 2.29. The minimum Gasteiger partial charge on any atom is -0.337 e. The second-order valence-electron chi connectivity index (χ2n) is 6.47. The van der Waals surface area contributed by atoms with E-state index >= 15 is 0 Å². The van der Waals surface area contributed by atoms with Crippen LogP contribution in [0.4, 0.5) is 4.39 Å². The van der Waals surface area contributed by atoms with Crippen LogP contribution in [-0.2, 0) is 10.0 Å². The quantitative estimate of drug-likeness (QED) is 0.779. The number of rotatable bonds is 3. The van der Waals surface area contributed by atoms with Crippen LogP contribution >= 0.6 is 11.6 Å². The molecule has 8 heteroatoms. The maximum absolute atomic E-state index is 13.1. The maximum Gasteiger partial charge on any atom is 0.253 e. The summed E-state index contributed by atoms with van der Waals surface area (Å²) in [5.41, 5.74) is 0.979. The molecule has 5 nitrogen and oxygen atoms in total. The standard InChI is InChI=1S/C19H20ClFN2O3S/c1-14-13-16(20)5-8-18(14)27(25,26)23-10-2-9-22(11-12-23)19(24)15-3-6-17(21)7-4-15/h3-8,13H,2,9-12H2,1H3. The first kappa shape index (κ1) is 19.8. The van der Waals surface area contributed by atoms with Crippen molar-refractivity contribution in [3.63, 3.8) is 0 Å². The number of aryl methyl sites for hydroxylation is 1. The zero-order chi connectivity index (χ0) is 19.6. The predicted molar refractivity (Wildman–Crippen MR) is 102 cm³/mol. The van der Waals surface area contributed by atoms with Gasteiger partial charge in [-0.05, 0) is 61.4 Å². The van der Waals surface area contributed by atoms with Gasteiger partial charge in [0.25, 0.3) is 5.91 Å². The lowest BCUT2D eigenvalue weighted by Crippen LogP contribution is -2.37.